The first kappa shape index (κ1) is 14.2. The molecule has 106 valence electrons. The number of H-pyrrole nitrogens is 1. The standard InChI is InChI=1S/C14H18N4O2/c1-3-10(7-15)14-16-8-12(17-14)11-5-4-9(2)13(6-11)18(19)20/h4-6,8,10H,3,7,15H2,1-2H3,(H,16,17). The van der Waals surface area contributed by atoms with Crippen LogP contribution in [0.5, 0.6) is 0 Å². The first-order valence-electron chi connectivity index (χ1n) is 6.57. The van der Waals surface area contributed by atoms with Crippen LogP contribution in [0.2, 0.25) is 0 Å². The maximum atomic E-state index is 11.0. The SMILES string of the molecule is CCC(CN)c1ncc(-c2ccc(C)c([N+](=O)[O-])c2)[nH]1. The van der Waals surface area contributed by atoms with Crippen LogP contribution in [-0.2, 0) is 0 Å². The molecule has 1 aromatic heterocycles. The molecule has 1 unspecified atom stereocenters. The first-order chi connectivity index (χ1) is 9.56. The van der Waals surface area contributed by atoms with Crippen LogP contribution in [0.25, 0.3) is 11.3 Å². The normalized spacial score (nSPS) is 12.3. The van der Waals surface area contributed by atoms with E-state index in [0.29, 0.717) is 12.1 Å². The van der Waals surface area contributed by atoms with E-state index >= 15 is 0 Å². The Hall–Kier alpha value is -2.21. The van der Waals surface area contributed by atoms with E-state index in [0.717, 1.165) is 23.5 Å². The summed E-state index contributed by atoms with van der Waals surface area (Å²) in [6.45, 7) is 4.30. The van der Waals surface area contributed by atoms with Crippen molar-refractivity contribution in [1.29, 1.82) is 0 Å². The number of nitrogens with two attached hydrogens (primary N) is 1. The van der Waals surface area contributed by atoms with Gasteiger partial charge in [-0.05, 0) is 13.3 Å². The zero-order chi connectivity index (χ0) is 14.7. The van der Waals surface area contributed by atoms with E-state index < -0.39 is 0 Å². The van der Waals surface area contributed by atoms with Crippen molar-refractivity contribution >= 4 is 5.69 Å². The molecular weight excluding hydrogens is 256 g/mol. The molecule has 0 bridgehead atoms. The number of benzene rings is 1. The zero-order valence-electron chi connectivity index (χ0n) is 11.6. The molecule has 20 heavy (non-hydrogen) atoms. The second-order valence-corrected chi connectivity index (χ2v) is 4.78. The second kappa shape index (κ2) is 5.83. The summed E-state index contributed by atoms with van der Waals surface area (Å²) in [4.78, 5) is 18.1. The molecule has 6 nitrogen and oxygen atoms in total. The predicted octanol–water partition coefficient (Wildman–Crippen LogP) is 2.75. The zero-order valence-corrected chi connectivity index (χ0v) is 11.6. The lowest BCUT2D eigenvalue weighted by atomic mass is 10.1. The molecule has 0 aliphatic heterocycles. The number of aryl methyl sites for hydroxylation is 1. The fourth-order valence-electron chi connectivity index (χ4n) is 2.14. The van der Waals surface area contributed by atoms with Gasteiger partial charge in [0.2, 0.25) is 0 Å². The first-order valence-corrected chi connectivity index (χ1v) is 6.57. The smallest absolute Gasteiger partial charge is 0.272 e. The average Bonchev–Trinajstić information content (AvgIpc) is 2.90. The summed E-state index contributed by atoms with van der Waals surface area (Å²) in [7, 11) is 0. The number of nitro groups is 1. The van der Waals surface area contributed by atoms with Gasteiger partial charge in [0.15, 0.2) is 0 Å². The lowest BCUT2D eigenvalue weighted by Gasteiger charge is -2.08. The number of nitro benzene ring substituents is 1. The van der Waals surface area contributed by atoms with Crippen molar-refractivity contribution in [3.63, 3.8) is 0 Å². The topological polar surface area (TPSA) is 97.8 Å². The second-order valence-electron chi connectivity index (χ2n) is 4.78. The van der Waals surface area contributed by atoms with Crippen molar-refractivity contribution in [3.8, 4) is 11.3 Å². The van der Waals surface area contributed by atoms with Gasteiger partial charge in [-0.25, -0.2) is 4.98 Å². The summed E-state index contributed by atoms with van der Waals surface area (Å²) in [5.41, 5.74) is 7.99. The highest BCUT2D eigenvalue weighted by Gasteiger charge is 2.15. The highest BCUT2D eigenvalue weighted by Crippen LogP contribution is 2.27. The van der Waals surface area contributed by atoms with Crippen LogP contribution in [0.15, 0.2) is 24.4 Å². The summed E-state index contributed by atoms with van der Waals surface area (Å²) in [6, 6.07) is 5.16. The number of hydrogen-bond acceptors (Lipinski definition) is 4. The molecule has 0 saturated heterocycles. The lowest BCUT2D eigenvalue weighted by molar-refractivity contribution is -0.385. The fourth-order valence-corrected chi connectivity index (χ4v) is 2.14. The molecule has 2 rings (SSSR count). The maximum absolute atomic E-state index is 11.0. The van der Waals surface area contributed by atoms with Crippen LogP contribution < -0.4 is 5.73 Å². The third-order valence-corrected chi connectivity index (χ3v) is 3.48. The molecule has 0 aliphatic rings. The molecular formula is C14H18N4O2. The van der Waals surface area contributed by atoms with Gasteiger partial charge in [0.05, 0.1) is 16.8 Å². The third-order valence-electron chi connectivity index (χ3n) is 3.48. The molecule has 1 aromatic carbocycles. The molecule has 0 radical (unpaired) electrons. The molecule has 0 aliphatic carbocycles. The van der Waals surface area contributed by atoms with Crippen molar-refractivity contribution in [2.75, 3.05) is 6.54 Å². The average molecular weight is 274 g/mol. The van der Waals surface area contributed by atoms with E-state index in [1.165, 1.54) is 0 Å². The number of hydrogen-bond donors (Lipinski definition) is 2. The highest BCUT2D eigenvalue weighted by atomic mass is 16.6. The number of aromatic nitrogens is 2. The van der Waals surface area contributed by atoms with Gasteiger partial charge in [0, 0.05) is 29.7 Å². The number of nitrogens with one attached hydrogen (secondary N) is 1. The molecule has 3 N–H and O–H groups in total. The number of rotatable bonds is 5. The van der Waals surface area contributed by atoms with E-state index in [-0.39, 0.29) is 16.5 Å². The largest absolute Gasteiger partial charge is 0.342 e. The Bertz CT molecular complexity index is 617. The van der Waals surface area contributed by atoms with Crippen LogP contribution in [-0.4, -0.2) is 21.4 Å². The quantitative estimate of drug-likeness (QED) is 0.647. The van der Waals surface area contributed by atoms with Gasteiger partial charge in [-0.15, -0.1) is 0 Å². The van der Waals surface area contributed by atoms with Crippen molar-refractivity contribution in [3.05, 3.63) is 45.9 Å². The summed E-state index contributed by atoms with van der Waals surface area (Å²) >= 11 is 0. The Balaban J connectivity index is 2.37. The minimum absolute atomic E-state index is 0.115. The molecule has 0 amide bonds. The Kier molecular flexibility index (Phi) is 4.14. The van der Waals surface area contributed by atoms with Crippen LogP contribution in [0.3, 0.4) is 0 Å². The number of imidazole rings is 1. The minimum Gasteiger partial charge on any atom is -0.342 e. The molecule has 0 saturated carbocycles. The van der Waals surface area contributed by atoms with Crippen LogP contribution in [0, 0.1) is 17.0 Å². The van der Waals surface area contributed by atoms with Gasteiger partial charge in [-0.3, -0.25) is 10.1 Å². The monoisotopic (exact) mass is 274 g/mol. The van der Waals surface area contributed by atoms with Gasteiger partial charge in [-0.2, -0.15) is 0 Å². The van der Waals surface area contributed by atoms with Gasteiger partial charge in [0.1, 0.15) is 5.82 Å². The summed E-state index contributed by atoms with van der Waals surface area (Å²) in [5.74, 6) is 1.01. The Labute approximate surface area is 117 Å². The van der Waals surface area contributed by atoms with Crippen LogP contribution in [0.1, 0.15) is 30.7 Å². The van der Waals surface area contributed by atoms with Crippen molar-refractivity contribution in [1.82, 2.24) is 9.97 Å². The Morgan fingerprint density at radius 1 is 1.50 bits per heavy atom. The molecule has 6 heteroatoms. The summed E-state index contributed by atoms with van der Waals surface area (Å²) in [6.07, 6.45) is 2.60. The molecule has 0 spiro atoms. The lowest BCUT2D eigenvalue weighted by Crippen LogP contribution is -2.12. The predicted molar refractivity (Wildman–Crippen MR) is 77.5 cm³/mol. The van der Waals surface area contributed by atoms with E-state index in [1.807, 2.05) is 6.07 Å². The minimum atomic E-state index is -0.370. The van der Waals surface area contributed by atoms with Crippen LogP contribution in [0.4, 0.5) is 5.69 Å². The van der Waals surface area contributed by atoms with Gasteiger partial charge in [-0.1, -0.05) is 19.1 Å². The van der Waals surface area contributed by atoms with Crippen LogP contribution >= 0.6 is 0 Å². The Morgan fingerprint density at radius 3 is 2.85 bits per heavy atom. The van der Waals surface area contributed by atoms with Gasteiger partial charge in [0.25, 0.3) is 5.69 Å². The number of aromatic amines is 1. The van der Waals surface area contributed by atoms with E-state index in [4.69, 9.17) is 5.73 Å². The maximum Gasteiger partial charge on any atom is 0.272 e. The van der Waals surface area contributed by atoms with Gasteiger partial charge < -0.3 is 10.7 Å². The number of nitrogens with zero attached hydrogens (tertiary/aromatic N) is 2. The van der Waals surface area contributed by atoms with E-state index in [9.17, 15) is 10.1 Å². The summed E-state index contributed by atoms with van der Waals surface area (Å²) < 4.78 is 0. The molecule has 0 fully saturated rings. The highest BCUT2D eigenvalue weighted by molar-refractivity contribution is 5.63. The third kappa shape index (κ3) is 2.70. The summed E-state index contributed by atoms with van der Waals surface area (Å²) in [5, 5.41) is 11.0. The van der Waals surface area contributed by atoms with Gasteiger partial charge >= 0.3 is 0 Å². The van der Waals surface area contributed by atoms with E-state index in [1.54, 1.807) is 25.3 Å². The molecule has 1 atom stereocenters. The van der Waals surface area contributed by atoms with E-state index in [2.05, 4.69) is 16.9 Å². The van der Waals surface area contributed by atoms with Crippen molar-refractivity contribution < 1.29 is 4.92 Å². The van der Waals surface area contributed by atoms with Crippen molar-refractivity contribution in [2.45, 2.75) is 26.2 Å². The molecule has 1 heterocycles. The Morgan fingerprint density at radius 2 is 2.25 bits per heavy atom. The van der Waals surface area contributed by atoms with Crippen molar-refractivity contribution in [2.24, 2.45) is 5.73 Å². The molecule has 2 aromatic rings. The fraction of sp³-hybridized carbons (Fsp3) is 0.357.